The van der Waals surface area contributed by atoms with Crippen molar-refractivity contribution < 1.29 is 0 Å². The molecular formula is C10H13Cl. The van der Waals surface area contributed by atoms with Crippen LogP contribution in [0.2, 0.25) is 0 Å². The normalized spacial score (nSPS) is 10.0. The van der Waals surface area contributed by atoms with Crippen LogP contribution in [0, 0.1) is 0 Å². The second-order valence-electron chi connectivity index (χ2n) is 2.70. The van der Waals surface area contributed by atoms with E-state index in [0.717, 1.165) is 0 Å². The molecule has 0 bridgehead atoms. The molecule has 11 heavy (non-hydrogen) atoms. The highest BCUT2D eigenvalue weighted by molar-refractivity contribution is 6.17. The minimum absolute atomic E-state index is 0.617. The fourth-order valence-electron chi connectivity index (χ4n) is 1.08. The van der Waals surface area contributed by atoms with Crippen molar-refractivity contribution in [2.75, 3.05) is 0 Å². The van der Waals surface area contributed by atoms with E-state index in [1.54, 1.807) is 0 Å². The topological polar surface area (TPSA) is 0 Å². The Bertz CT molecular complexity index is 201. The monoisotopic (exact) mass is 168 g/mol. The Hall–Kier alpha value is -0.490. The fourth-order valence-corrected chi connectivity index (χ4v) is 1.26. The number of halogens is 1. The Labute approximate surface area is 73.2 Å². The van der Waals surface area contributed by atoms with E-state index in [2.05, 4.69) is 31.2 Å². The molecule has 0 saturated heterocycles. The number of benzene rings is 1. The average molecular weight is 169 g/mol. The number of rotatable bonds is 3. The molecule has 0 fully saturated rings. The Kier molecular flexibility index (Phi) is 3.44. The summed E-state index contributed by atoms with van der Waals surface area (Å²) in [5.41, 5.74) is 2.60. The molecule has 0 amide bonds. The first-order chi connectivity index (χ1) is 5.36. The van der Waals surface area contributed by atoms with Gasteiger partial charge in [0.05, 0.1) is 0 Å². The first-order valence-electron chi connectivity index (χ1n) is 4.00. The number of aryl methyl sites for hydroxylation is 1. The molecule has 0 saturated carbocycles. The van der Waals surface area contributed by atoms with Crippen LogP contribution in [0.5, 0.6) is 0 Å². The zero-order chi connectivity index (χ0) is 8.10. The van der Waals surface area contributed by atoms with E-state index in [0.29, 0.717) is 5.88 Å². The van der Waals surface area contributed by atoms with Crippen LogP contribution < -0.4 is 0 Å². The maximum Gasteiger partial charge on any atom is 0.0474 e. The molecule has 0 unspecified atom stereocenters. The summed E-state index contributed by atoms with van der Waals surface area (Å²) in [4.78, 5) is 0. The van der Waals surface area contributed by atoms with Crippen LogP contribution in [-0.2, 0) is 12.3 Å². The maximum atomic E-state index is 5.66. The van der Waals surface area contributed by atoms with Crippen molar-refractivity contribution in [2.24, 2.45) is 0 Å². The summed E-state index contributed by atoms with van der Waals surface area (Å²) in [6.07, 6.45) is 2.38. The third-order valence-electron chi connectivity index (χ3n) is 1.72. The molecule has 1 aromatic rings. The van der Waals surface area contributed by atoms with Crippen LogP contribution in [0.1, 0.15) is 24.5 Å². The lowest BCUT2D eigenvalue weighted by molar-refractivity contribution is 0.921. The smallest absolute Gasteiger partial charge is 0.0474 e. The van der Waals surface area contributed by atoms with Gasteiger partial charge in [0.15, 0.2) is 0 Å². The number of hydrogen-bond acceptors (Lipinski definition) is 0. The highest BCUT2D eigenvalue weighted by atomic mass is 35.5. The molecule has 0 nitrogen and oxygen atoms in total. The molecule has 0 aromatic heterocycles. The molecule has 1 heteroatoms. The lowest BCUT2D eigenvalue weighted by Crippen LogP contribution is -1.83. The molecule has 0 heterocycles. The van der Waals surface area contributed by atoms with Crippen LogP contribution in [0.25, 0.3) is 0 Å². The Balaban J connectivity index is 2.66. The quantitative estimate of drug-likeness (QED) is 0.607. The Morgan fingerprint density at radius 1 is 1.09 bits per heavy atom. The van der Waals surface area contributed by atoms with E-state index in [4.69, 9.17) is 11.6 Å². The largest absolute Gasteiger partial charge is 0.122 e. The van der Waals surface area contributed by atoms with Gasteiger partial charge in [-0.25, -0.2) is 0 Å². The summed E-state index contributed by atoms with van der Waals surface area (Å²) in [7, 11) is 0. The van der Waals surface area contributed by atoms with Gasteiger partial charge in [-0.2, -0.15) is 0 Å². The van der Waals surface area contributed by atoms with Crippen molar-refractivity contribution in [1.82, 2.24) is 0 Å². The van der Waals surface area contributed by atoms with Crippen molar-refractivity contribution in [3.05, 3.63) is 35.4 Å². The SMILES string of the molecule is CCCc1ccc(CCl)cc1. The molecule has 0 spiro atoms. The molecule has 1 rings (SSSR count). The van der Waals surface area contributed by atoms with Gasteiger partial charge >= 0.3 is 0 Å². The van der Waals surface area contributed by atoms with Gasteiger partial charge in [-0.1, -0.05) is 37.6 Å². The summed E-state index contributed by atoms with van der Waals surface area (Å²) in [6, 6.07) is 8.50. The van der Waals surface area contributed by atoms with E-state index >= 15 is 0 Å². The third-order valence-corrected chi connectivity index (χ3v) is 2.02. The van der Waals surface area contributed by atoms with Crippen LogP contribution in [0.3, 0.4) is 0 Å². The summed E-state index contributed by atoms with van der Waals surface area (Å²) in [6.45, 7) is 2.19. The van der Waals surface area contributed by atoms with Gasteiger partial charge < -0.3 is 0 Å². The molecular weight excluding hydrogens is 156 g/mol. The van der Waals surface area contributed by atoms with Crippen LogP contribution in [0.15, 0.2) is 24.3 Å². The Morgan fingerprint density at radius 2 is 1.64 bits per heavy atom. The van der Waals surface area contributed by atoms with Gasteiger partial charge in [0.2, 0.25) is 0 Å². The highest BCUT2D eigenvalue weighted by Gasteiger charge is 1.91. The Morgan fingerprint density at radius 3 is 2.09 bits per heavy atom. The zero-order valence-electron chi connectivity index (χ0n) is 6.81. The predicted molar refractivity (Wildman–Crippen MR) is 50.0 cm³/mol. The van der Waals surface area contributed by atoms with E-state index < -0.39 is 0 Å². The van der Waals surface area contributed by atoms with Gasteiger partial charge in [-0.05, 0) is 17.5 Å². The van der Waals surface area contributed by atoms with Crippen LogP contribution >= 0.6 is 11.6 Å². The van der Waals surface area contributed by atoms with Gasteiger partial charge in [0.25, 0.3) is 0 Å². The highest BCUT2D eigenvalue weighted by Crippen LogP contribution is 2.08. The number of alkyl halides is 1. The van der Waals surface area contributed by atoms with E-state index in [1.807, 2.05) is 0 Å². The zero-order valence-corrected chi connectivity index (χ0v) is 7.56. The third kappa shape index (κ3) is 2.55. The summed E-state index contributed by atoms with van der Waals surface area (Å²) < 4.78 is 0. The molecule has 0 aliphatic rings. The van der Waals surface area contributed by atoms with E-state index in [1.165, 1.54) is 24.0 Å². The van der Waals surface area contributed by atoms with E-state index in [-0.39, 0.29) is 0 Å². The summed E-state index contributed by atoms with van der Waals surface area (Å²) >= 11 is 5.66. The van der Waals surface area contributed by atoms with Crippen molar-refractivity contribution in [2.45, 2.75) is 25.6 Å². The van der Waals surface area contributed by atoms with Gasteiger partial charge in [-0.3, -0.25) is 0 Å². The minimum Gasteiger partial charge on any atom is -0.122 e. The van der Waals surface area contributed by atoms with Crippen LogP contribution in [0.4, 0.5) is 0 Å². The second-order valence-corrected chi connectivity index (χ2v) is 2.97. The molecule has 0 N–H and O–H groups in total. The summed E-state index contributed by atoms with van der Waals surface area (Å²) in [5, 5.41) is 0. The fraction of sp³-hybridized carbons (Fsp3) is 0.400. The maximum absolute atomic E-state index is 5.66. The molecule has 0 radical (unpaired) electrons. The number of hydrogen-bond donors (Lipinski definition) is 0. The van der Waals surface area contributed by atoms with Crippen molar-refractivity contribution in [1.29, 1.82) is 0 Å². The van der Waals surface area contributed by atoms with Crippen molar-refractivity contribution >= 4 is 11.6 Å². The average Bonchev–Trinajstić information content (AvgIpc) is 2.07. The molecule has 0 atom stereocenters. The molecule has 0 aliphatic heterocycles. The van der Waals surface area contributed by atoms with Gasteiger partial charge in [-0.15, -0.1) is 11.6 Å². The predicted octanol–water partition coefficient (Wildman–Crippen LogP) is 3.38. The van der Waals surface area contributed by atoms with Crippen LogP contribution in [-0.4, -0.2) is 0 Å². The van der Waals surface area contributed by atoms with E-state index in [9.17, 15) is 0 Å². The van der Waals surface area contributed by atoms with Gasteiger partial charge in [0, 0.05) is 5.88 Å². The van der Waals surface area contributed by atoms with Crippen molar-refractivity contribution in [3.63, 3.8) is 0 Å². The lowest BCUT2D eigenvalue weighted by Gasteiger charge is -1.98. The molecule has 1 aromatic carbocycles. The first-order valence-corrected chi connectivity index (χ1v) is 4.54. The lowest BCUT2D eigenvalue weighted by atomic mass is 10.1. The minimum atomic E-state index is 0.617. The first kappa shape index (κ1) is 8.61. The standard InChI is InChI=1S/C10H13Cl/c1-2-3-9-4-6-10(8-11)7-5-9/h4-7H,2-3,8H2,1H3. The molecule has 60 valence electrons. The van der Waals surface area contributed by atoms with Crippen molar-refractivity contribution in [3.8, 4) is 0 Å². The summed E-state index contributed by atoms with van der Waals surface area (Å²) in [5.74, 6) is 0.617. The second kappa shape index (κ2) is 4.40. The van der Waals surface area contributed by atoms with Gasteiger partial charge in [0.1, 0.15) is 0 Å². The molecule has 0 aliphatic carbocycles.